The largest absolute Gasteiger partial charge is 0.624 e. The van der Waals surface area contributed by atoms with Gasteiger partial charge < -0.3 is 5.21 Å². The first-order chi connectivity index (χ1) is 8.84. The van der Waals surface area contributed by atoms with Crippen LogP contribution in [0, 0.1) is 5.21 Å². The van der Waals surface area contributed by atoms with Crippen LogP contribution in [-0.4, -0.2) is 17.5 Å². The molecule has 0 aliphatic heterocycles. The Morgan fingerprint density at radius 1 is 0.833 bits per heavy atom. The van der Waals surface area contributed by atoms with Gasteiger partial charge in [-0.1, -0.05) is 54.6 Å². The molecular formula is C16H15NO. The van der Waals surface area contributed by atoms with E-state index >= 15 is 0 Å². The summed E-state index contributed by atoms with van der Waals surface area (Å²) >= 11 is 0. The Hall–Kier alpha value is -2.35. The Morgan fingerprint density at radius 3 is 2.00 bits per heavy atom. The molecular weight excluding hydrogens is 222 g/mol. The van der Waals surface area contributed by atoms with Gasteiger partial charge in [0, 0.05) is 5.56 Å². The molecule has 0 atom stereocenters. The minimum atomic E-state index is 0.351. The number of benzene rings is 2. The van der Waals surface area contributed by atoms with Crippen LogP contribution in [0.25, 0.3) is 6.08 Å². The SMILES string of the molecule is [O-][N+](=Cc1ccccc1)CC=Cc1ccccc1. The van der Waals surface area contributed by atoms with Crippen LogP contribution in [0.5, 0.6) is 0 Å². The summed E-state index contributed by atoms with van der Waals surface area (Å²) in [5, 5.41) is 11.6. The highest BCUT2D eigenvalue weighted by molar-refractivity contribution is 5.75. The van der Waals surface area contributed by atoms with E-state index in [4.69, 9.17) is 0 Å². The lowest BCUT2D eigenvalue weighted by Crippen LogP contribution is -2.05. The van der Waals surface area contributed by atoms with Gasteiger partial charge in [0.15, 0.2) is 12.8 Å². The van der Waals surface area contributed by atoms with E-state index in [2.05, 4.69) is 0 Å². The second kappa shape index (κ2) is 6.40. The van der Waals surface area contributed by atoms with Crippen molar-refractivity contribution < 1.29 is 4.74 Å². The quantitative estimate of drug-likeness (QED) is 0.346. The van der Waals surface area contributed by atoms with Gasteiger partial charge in [-0.15, -0.1) is 0 Å². The van der Waals surface area contributed by atoms with E-state index in [1.165, 1.54) is 0 Å². The number of hydroxylamine groups is 1. The molecule has 0 radical (unpaired) electrons. The van der Waals surface area contributed by atoms with E-state index in [0.29, 0.717) is 6.54 Å². The minimum absolute atomic E-state index is 0.351. The van der Waals surface area contributed by atoms with Gasteiger partial charge in [0.2, 0.25) is 0 Å². The smallest absolute Gasteiger partial charge is 0.182 e. The lowest BCUT2D eigenvalue weighted by atomic mass is 10.2. The molecule has 0 aliphatic carbocycles. The first-order valence-electron chi connectivity index (χ1n) is 5.90. The van der Waals surface area contributed by atoms with Crippen molar-refractivity contribution in [2.45, 2.75) is 0 Å². The molecule has 2 rings (SSSR count). The van der Waals surface area contributed by atoms with Gasteiger partial charge in [-0.05, 0) is 23.8 Å². The molecule has 0 N–H and O–H groups in total. The van der Waals surface area contributed by atoms with Gasteiger partial charge in [-0.2, -0.15) is 0 Å². The van der Waals surface area contributed by atoms with Crippen molar-refractivity contribution in [3.63, 3.8) is 0 Å². The second-order valence-electron chi connectivity index (χ2n) is 3.95. The number of rotatable bonds is 4. The van der Waals surface area contributed by atoms with E-state index < -0.39 is 0 Å². The fourth-order valence-electron chi connectivity index (χ4n) is 1.61. The second-order valence-corrected chi connectivity index (χ2v) is 3.95. The van der Waals surface area contributed by atoms with Gasteiger partial charge >= 0.3 is 0 Å². The zero-order valence-corrected chi connectivity index (χ0v) is 10.1. The summed E-state index contributed by atoms with van der Waals surface area (Å²) in [5.74, 6) is 0. The molecule has 18 heavy (non-hydrogen) atoms. The van der Waals surface area contributed by atoms with Crippen LogP contribution in [0.15, 0.2) is 66.7 Å². The van der Waals surface area contributed by atoms with Crippen molar-refractivity contribution in [1.29, 1.82) is 0 Å². The van der Waals surface area contributed by atoms with E-state index in [0.717, 1.165) is 15.9 Å². The summed E-state index contributed by atoms with van der Waals surface area (Å²) in [6.07, 6.45) is 5.40. The molecule has 2 aromatic carbocycles. The standard InChI is InChI=1S/C16H15NO/c18-17(14-16-10-5-2-6-11-16)13-7-12-15-8-3-1-4-9-15/h1-12,14H,13H2. The van der Waals surface area contributed by atoms with Crippen molar-refractivity contribution in [3.05, 3.63) is 83.1 Å². The number of hydrogen-bond acceptors (Lipinski definition) is 1. The van der Waals surface area contributed by atoms with Crippen LogP contribution in [0.2, 0.25) is 0 Å². The van der Waals surface area contributed by atoms with Crippen molar-refractivity contribution in [1.82, 2.24) is 0 Å². The highest BCUT2D eigenvalue weighted by Crippen LogP contribution is 2.00. The Bertz CT molecular complexity index is 530. The minimum Gasteiger partial charge on any atom is -0.624 e. The van der Waals surface area contributed by atoms with E-state index in [1.807, 2.05) is 72.8 Å². The summed E-state index contributed by atoms with van der Waals surface area (Å²) in [5.41, 5.74) is 2.02. The lowest BCUT2D eigenvalue weighted by Gasteiger charge is -2.00. The molecule has 2 heteroatoms. The summed E-state index contributed by atoms with van der Waals surface area (Å²) in [7, 11) is 0. The molecule has 0 heterocycles. The summed E-state index contributed by atoms with van der Waals surface area (Å²) in [6.45, 7) is 0.351. The predicted molar refractivity (Wildman–Crippen MR) is 75.6 cm³/mol. The molecule has 90 valence electrons. The molecule has 2 nitrogen and oxygen atoms in total. The number of hydrogen-bond donors (Lipinski definition) is 0. The molecule has 0 bridgehead atoms. The van der Waals surface area contributed by atoms with Gasteiger partial charge in [0.25, 0.3) is 0 Å². The lowest BCUT2D eigenvalue weighted by molar-refractivity contribution is -0.440. The molecule has 0 amide bonds. The van der Waals surface area contributed by atoms with Crippen LogP contribution in [0.1, 0.15) is 11.1 Å². The molecule has 0 aliphatic rings. The van der Waals surface area contributed by atoms with Gasteiger partial charge in [-0.3, -0.25) is 0 Å². The van der Waals surface area contributed by atoms with Gasteiger partial charge in [-0.25, -0.2) is 4.74 Å². The Kier molecular flexibility index (Phi) is 4.31. The fourth-order valence-corrected chi connectivity index (χ4v) is 1.61. The van der Waals surface area contributed by atoms with Gasteiger partial charge in [0.1, 0.15) is 0 Å². The number of nitrogens with zero attached hydrogens (tertiary/aromatic N) is 1. The topological polar surface area (TPSA) is 26.1 Å². The fraction of sp³-hybridized carbons (Fsp3) is 0.0625. The van der Waals surface area contributed by atoms with Crippen LogP contribution in [-0.2, 0) is 0 Å². The maximum Gasteiger partial charge on any atom is 0.182 e. The molecule has 0 fully saturated rings. The first-order valence-corrected chi connectivity index (χ1v) is 5.90. The third kappa shape index (κ3) is 3.91. The molecule has 0 saturated heterocycles. The van der Waals surface area contributed by atoms with Crippen LogP contribution < -0.4 is 0 Å². The van der Waals surface area contributed by atoms with Crippen LogP contribution in [0.4, 0.5) is 0 Å². The summed E-state index contributed by atoms with van der Waals surface area (Å²) in [4.78, 5) is 0. The van der Waals surface area contributed by atoms with Crippen molar-refractivity contribution in [2.24, 2.45) is 0 Å². The van der Waals surface area contributed by atoms with Gasteiger partial charge in [0.05, 0.1) is 0 Å². The zero-order valence-electron chi connectivity index (χ0n) is 10.1. The predicted octanol–water partition coefficient (Wildman–Crippen LogP) is 3.33. The molecule has 0 unspecified atom stereocenters. The van der Waals surface area contributed by atoms with E-state index in [-0.39, 0.29) is 0 Å². The Morgan fingerprint density at radius 2 is 1.39 bits per heavy atom. The summed E-state index contributed by atoms with van der Waals surface area (Å²) in [6, 6.07) is 19.5. The normalized spacial score (nSPS) is 11.9. The maximum absolute atomic E-state index is 11.6. The Balaban J connectivity index is 1.94. The molecule has 0 aromatic heterocycles. The van der Waals surface area contributed by atoms with Crippen molar-refractivity contribution in [2.75, 3.05) is 6.54 Å². The van der Waals surface area contributed by atoms with E-state index in [1.54, 1.807) is 6.21 Å². The average molecular weight is 237 g/mol. The molecule has 0 saturated carbocycles. The van der Waals surface area contributed by atoms with E-state index in [9.17, 15) is 5.21 Å². The monoisotopic (exact) mass is 237 g/mol. The highest BCUT2D eigenvalue weighted by atomic mass is 16.5. The third-order valence-corrected chi connectivity index (χ3v) is 2.49. The van der Waals surface area contributed by atoms with Crippen LogP contribution >= 0.6 is 0 Å². The van der Waals surface area contributed by atoms with Crippen molar-refractivity contribution in [3.8, 4) is 0 Å². The summed E-state index contributed by atoms with van der Waals surface area (Å²) < 4.78 is 0.925. The Labute approximate surface area is 107 Å². The van der Waals surface area contributed by atoms with Crippen molar-refractivity contribution >= 4 is 12.3 Å². The maximum atomic E-state index is 11.6. The first kappa shape index (κ1) is 12.1. The zero-order chi connectivity index (χ0) is 12.6. The average Bonchev–Trinajstić information content (AvgIpc) is 2.41. The third-order valence-electron chi connectivity index (χ3n) is 2.49. The molecule has 0 spiro atoms. The molecule has 2 aromatic rings. The van der Waals surface area contributed by atoms with Crippen LogP contribution in [0.3, 0.4) is 0 Å². The highest BCUT2D eigenvalue weighted by Gasteiger charge is 1.92.